The number of nitrogens with two attached hydrogens (primary N) is 1. The number of benzene rings is 2. The van der Waals surface area contributed by atoms with Crippen molar-refractivity contribution >= 4 is 11.6 Å². The van der Waals surface area contributed by atoms with E-state index in [2.05, 4.69) is 0 Å². The monoisotopic (exact) mass is 276 g/mol. The number of non-ortho nitro benzene ring substituents is 1. The molecule has 0 radical (unpaired) electrons. The Morgan fingerprint density at radius 3 is 2.50 bits per heavy atom. The average molecular weight is 276 g/mol. The number of amides is 1. The number of nitro benzene ring substituents is 1. The molecule has 0 bridgehead atoms. The van der Waals surface area contributed by atoms with Crippen LogP contribution in [-0.4, -0.2) is 15.9 Å². The number of hydrogen-bond acceptors (Lipinski definition) is 4. The first kappa shape index (κ1) is 13.5. The molecule has 0 aliphatic rings. The van der Waals surface area contributed by atoms with Crippen LogP contribution in [0.3, 0.4) is 0 Å². The summed E-state index contributed by atoms with van der Waals surface area (Å²) in [5.74, 6) is -2.20. The van der Waals surface area contributed by atoms with E-state index in [0.717, 1.165) is 18.2 Å². The van der Waals surface area contributed by atoms with Crippen LogP contribution in [0.1, 0.15) is 10.4 Å². The van der Waals surface area contributed by atoms with Crippen molar-refractivity contribution in [1.29, 1.82) is 0 Å². The lowest BCUT2D eigenvalue weighted by Gasteiger charge is -2.08. The first-order valence-electron chi connectivity index (χ1n) is 5.48. The van der Waals surface area contributed by atoms with E-state index < -0.39 is 28.1 Å². The molecule has 0 aliphatic heterocycles. The van der Waals surface area contributed by atoms with E-state index in [1.165, 1.54) is 18.2 Å². The molecule has 0 saturated carbocycles. The number of hydrogen-bond donors (Lipinski definition) is 2. The van der Waals surface area contributed by atoms with Gasteiger partial charge in [0, 0.05) is 17.2 Å². The zero-order valence-electron chi connectivity index (χ0n) is 10.0. The third kappa shape index (κ3) is 2.28. The molecule has 0 unspecified atom stereocenters. The van der Waals surface area contributed by atoms with Gasteiger partial charge in [-0.25, -0.2) is 4.39 Å². The predicted molar refractivity (Wildman–Crippen MR) is 68.7 cm³/mol. The number of para-hydroxylation sites is 1. The Morgan fingerprint density at radius 2 is 1.95 bits per heavy atom. The molecule has 2 aromatic rings. The molecule has 0 aromatic heterocycles. The Kier molecular flexibility index (Phi) is 3.34. The van der Waals surface area contributed by atoms with Gasteiger partial charge in [0.15, 0.2) is 0 Å². The third-order valence-corrected chi connectivity index (χ3v) is 2.76. The van der Waals surface area contributed by atoms with Crippen LogP contribution in [0.2, 0.25) is 0 Å². The van der Waals surface area contributed by atoms with Crippen molar-refractivity contribution in [2.75, 3.05) is 0 Å². The van der Waals surface area contributed by atoms with Crippen LogP contribution in [-0.2, 0) is 0 Å². The van der Waals surface area contributed by atoms with Crippen LogP contribution in [0.15, 0.2) is 36.4 Å². The van der Waals surface area contributed by atoms with Crippen molar-refractivity contribution < 1.29 is 19.2 Å². The third-order valence-electron chi connectivity index (χ3n) is 2.76. The van der Waals surface area contributed by atoms with Crippen LogP contribution in [0.4, 0.5) is 10.1 Å². The lowest BCUT2D eigenvalue weighted by Crippen LogP contribution is -2.11. The summed E-state index contributed by atoms with van der Waals surface area (Å²) >= 11 is 0. The standard InChI is InChI=1S/C13H9FN2O4/c14-11-6-7(16(19)20)4-5-8(11)9-2-1-3-10(12(9)17)13(15)18/h1-6,17H,(H2,15,18). The molecule has 3 N–H and O–H groups in total. The van der Waals surface area contributed by atoms with E-state index in [1.807, 2.05) is 0 Å². The summed E-state index contributed by atoms with van der Waals surface area (Å²) in [5, 5.41) is 20.5. The number of carbonyl (C=O) groups is 1. The SMILES string of the molecule is NC(=O)c1cccc(-c2ccc([N+](=O)[O-])cc2F)c1O. The molecule has 0 atom stereocenters. The van der Waals surface area contributed by atoms with Gasteiger partial charge in [0.1, 0.15) is 11.6 Å². The molecule has 20 heavy (non-hydrogen) atoms. The minimum Gasteiger partial charge on any atom is -0.506 e. The van der Waals surface area contributed by atoms with Gasteiger partial charge in [-0.3, -0.25) is 14.9 Å². The Balaban J connectivity index is 2.60. The van der Waals surface area contributed by atoms with Gasteiger partial charge < -0.3 is 10.8 Å². The second-order valence-electron chi connectivity index (χ2n) is 3.99. The van der Waals surface area contributed by atoms with Crippen molar-refractivity contribution in [2.24, 2.45) is 5.73 Å². The normalized spacial score (nSPS) is 10.2. The van der Waals surface area contributed by atoms with Crippen LogP contribution in [0.5, 0.6) is 5.75 Å². The predicted octanol–water partition coefficient (Wildman–Crippen LogP) is 2.21. The summed E-state index contributed by atoms with van der Waals surface area (Å²) in [4.78, 5) is 20.9. The summed E-state index contributed by atoms with van der Waals surface area (Å²) in [7, 11) is 0. The van der Waals surface area contributed by atoms with Crippen molar-refractivity contribution in [3.05, 3.63) is 57.9 Å². The lowest BCUT2D eigenvalue weighted by molar-refractivity contribution is -0.385. The van der Waals surface area contributed by atoms with Crippen LogP contribution in [0.25, 0.3) is 11.1 Å². The van der Waals surface area contributed by atoms with E-state index in [1.54, 1.807) is 0 Å². The van der Waals surface area contributed by atoms with E-state index in [4.69, 9.17) is 5.73 Å². The summed E-state index contributed by atoms with van der Waals surface area (Å²) in [6.45, 7) is 0. The summed E-state index contributed by atoms with van der Waals surface area (Å²) in [5.41, 5.74) is 4.50. The quantitative estimate of drug-likeness (QED) is 0.661. The molecule has 0 saturated heterocycles. The Labute approximate surface area is 112 Å². The van der Waals surface area contributed by atoms with Gasteiger partial charge in [-0.2, -0.15) is 0 Å². The Bertz CT molecular complexity index is 716. The number of carbonyl (C=O) groups excluding carboxylic acids is 1. The number of primary amides is 1. The first-order chi connectivity index (χ1) is 9.41. The van der Waals surface area contributed by atoms with Crippen LogP contribution in [0, 0.1) is 15.9 Å². The van der Waals surface area contributed by atoms with Gasteiger partial charge >= 0.3 is 0 Å². The Morgan fingerprint density at radius 1 is 1.25 bits per heavy atom. The van der Waals surface area contributed by atoms with E-state index in [9.17, 15) is 24.4 Å². The summed E-state index contributed by atoms with van der Waals surface area (Å²) in [6.07, 6.45) is 0. The number of phenols is 1. The first-order valence-corrected chi connectivity index (χ1v) is 5.48. The Hall–Kier alpha value is -2.96. The zero-order valence-corrected chi connectivity index (χ0v) is 10.0. The van der Waals surface area contributed by atoms with Gasteiger partial charge in [0.2, 0.25) is 0 Å². The molecule has 7 heteroatoms. The minimum absolute atomic E-state index is 0.0358. The van der Waals surface area contributed by atoms with Crippen LogP contribution >= 0.6 is 0 Å². The van der Waals surface area contributed by atoms with Crippen molar-refractivity contribution in [2.45, 2.75) is 0 Å². The largest absolute Gasteiger partial charge is 0.506 e. The molecule has 1 amide bonds. The lowest BCUT2D eigenvalue weighted by atomic mass is 10.0. The highest BCUT2D eigenvalue weighted by molar-refractivity contribution is 5.98. The van der Waals surface area contributed by atoms with Crippen LogP contribution < -0.4 is 5.73 Å². The molecular formula is C13H9FN2O4. The zero-order chi connectivity index (χ0) is 14.9. The van der Waals surface area contributed by atoms with Crippen molar-refractivity contribution in [3.8, 4) is 16.9 Å². The van der Waals surface area contributed by atoms with E-state index >= 15 is 0 Å². The number of nitrogens with zero attached hydrogens (tertiary/aromatic N) is 1. The minimum atomic E-state index is -0.879. The van der Waals surface area contributed by atoms with Crippen molar-refractivity contribution in [3.63, 3.8) is 0 Å². The molecule has 0 heterocycles. The number of aromatic hydroxyl groups is 1. The maximum atomic E-state index is 13.9. The number of halogens is 1. The number of nitro groups is 1. The van der Waals surface area contributed by atoms with E-state index in [0.29, 0.717) is 0 Å². The maximum absolute atomic E-state index is 13.9. The topological polar surface area (TPSA) is 106 Å². The fraction of sp³-hybridized carbons (Fsp3) is 0. The van der Waals surface area contributed by atoms with Gasteiger partial charge in [0.05, 0.1) is 16.6 Å². The average Bonchev–Trinajstić information content (AvgIpc) is 2.39. The van der Waals surface area contributed by atoms with Crippen molar-refractivity contribution in [1.82, 2.24) is 0 Å². The van der Waals surface area contributed by atoms with Gasteiger partial charge in [-0.1, -0.05) is 12.1 Å². The second kappa shape index (κ2) is 4.96. The highest BCUT2D eigenvalue weighted by Crippen LogP contribution is 2.34. The molecule has 2 aromatic carbocycles. The molecule has 102 valence electrons. The smallest absolute Gasteiger partial charge is 0.272 e. The fourth-order valence-electron chi connectivity index (χ4n) is 1.80. The van der Waals surface area contributed by atoms with Gasteiger partial charge in [0.25, 0.3) is 11.6 Å². The molecule has 0 fully saturated rings. The maximum Gasteiger partial charge on any atom is 0.272 e. The highest BCUT2D eigenvalue weighted by atomic mass is 19.1. The molecular weight excluding hydrogens is 267 g/mol. The molecule has 0 aliphatic carbocycles. The second-order valence-corrected chi connectivity index (χ2v) is 3.99. The number of rotatable bonds is 3. The molecule has 6 nitrogen and oxygen atoms in total. The van der Waals surface area contributed by atoms with Gasteiger partial charge in [-0.15, -0.1) is 0 Å². The molecule has 2 rings (SSSR count). The molecule has 0 spiro atoms. The summed E-state index contributed by atoms with van der Waals surface area (Å²) in [6, 6.07) is 7.11. The highest BCUT2D eigenvalue weighted by Gasteiger charge is 2.17. The fourth-order valence-corrected chi connectivity index (χ4v) is 1.80. The van der Waals surface area contributed by atoms with Gasteiger partial charge in [-0.05, 0) is 12.1 Å². The van der Waals surface area contributed by atoms with E-state index in [-0.39, 0.29) is 16.7 Å². The summed E-state index contributed by atoms with van der Waals surface area (Å²) < 4.78 is 13.9.